The third-order valence-electron chi connectivity index (χ3n) is 3.45. The molecule has 0 atom stereocenters. The van der Waals surface area contributed by atoms with Gasteiger partial charge in [0.05, 0.1) is 12.2 Å². The van der Waals surface area contributed by atoms with Gasteiger partial charge in [-0.2, -0.15) is 0 Å². The van der Waals surface area contributed by atoms with Crippen molar-refractivity contribution in [3.63, 3.8) is 0 Å². The monoisotopic (exact) mass is 388 g/mol. The molecule has 4 nitrogen and oxygen atoms in total. The van der Waals surface area contributed by atoms with Crippen molar-refractivity contribution in [2.75, 3.05) is 6.61 Å². The summed E-state index contributed by atoms with van der Waals surface area (Å²) >= 11 is 0. The van der Waals surface area contributed by atoms with Gasteiger partial charge in [0.25, 0.3) is 0 Å². The Kier molecular flexibility index (Phi) is 6.49. The Labute approximate surface area is 150 Å². The predicted octanol–water partition coefficient (Wildman–Crippen LogP) is 4.56. The maximum Gasteiger partial charge on any atom is 0.349 e. The van der Waals surface area contributed by atoms with E-state index in [0.717, 1.165) is 18.6 Å². The molecule has 0 aromatic heterocycles. The first kappa shape index (κ1) is 20.3. The second-order valence-corrected chi connectivity index (χ2v) is 5.35. The highest BCUT2D eigenvalue weighted by Crippen LogP contribution is 2.24. The minimum atomic E-state index is -2.38. The fourth-order valence-corrected chi connectivity index (χ4v) is 1.99. The van der Waals surface area contributed by atoms with Crippen molar-refractivity contribution >= 4 is 11.9 Å². The van der Waals surface area contributed by atoms with E-state index in [9.17, 15) is 31.5 Å². The number of hydrogen-bond acceptors (Lipinski definition) is 4. The van der Waals surface area contributed by atoms with Crippen LogP contribution in [0, 0.1) is 29.1 Å². The number of carbonyl (C=O) groups excluding carboxylic acids is 2. The van der Waals surface area contributed by atoms with Crippen LogP contribution in [0.2, 0.25) is 0 Å². The second kappa shape index (κ2) is 8.61. The minimum absolute atomic E-state index is 0.127. The summed E-state index contributed by atoms with van der Waals surface area (Å²) in [6, 6.07) is 4.66. The Balaban J connectivity index is 2.17. The maximum atomic E-state index is 13.6. The van der Waals surface area contributed by atoms with Crippen molar-refractivity contribution in [2.24, 2.45) is 0 Å². The fourth-order valence-electron chi connectivity index (χ4n) is 1.99. The number of hydrogen-bond donors (Lipinski definition) is 0. The Morgan fingerprint density at radius 3 is 1.85 bits per heavy atom. The number of ether oxygens (including phenoxy) is 2. The average Bonchev–Trinajstić information content (AvgIpc) is 2.65. The molecule has 144 valence electrons. The highest BCUT2D eigenvalue weighted by molar-refractivity contribution is 5.92. The van der Waals surface area contributed by atoms with Gasteiger partial charge in [-0.25, -0.2) is 31.5 Å². The van der Waals surface area contributed by atoms with Crippen LogP contribution >= 0.6 is 0 Å². The van der Waals surface area contributed by atoms with Crippen LogP contribution in [0.15, 0.2) is 24.3 Å². The lowest BCUT2D eigenvalue weighted by atomic mass is 10.1. The molecule has 0 aliphatic heterocycles. The molecular formula is C18H13F5O4. The SMILES string of the molecule is CCCCOC(=O)c1ccc(OC(=O)c2c(F)c(F)c(F)c(F)c2F)cc1. The van der Waals surface area contributed by atoms with Crippen molar-refractivity contribution in [1.29, 1.82) is 0 Å². The zero-order chi connectivity index (χ0) is 20.1. The summed E-state index contributed by atoms with van der Waals surface area (Å²) in [7, 11) is 0. The molecule has 0 radical (unpaired) electrons. The molecule has 2 aromatic carbocycles. The lowest BCUT2D eigenvalue weighted by Crippen LogP contribution is -2.17. The van der Waals surface area contributed by atoms with E-state index in [0.29, 0.717) is 6.42 Å². The summed E-state index contributed by atoms with van der Waals surface area (Å²) < 4.78 is 76.1. The molecule has 0 amide bonds. The molecule has 0 saturated carbocycles. The van der Waals surface area contributed by atoms with Crippen LogP contribution in [0.3, 0.4) is 0 Å². The Hall–Kier alpha value is -2.97. The van der Waals surface area contributed by atoms with Crippen molar-refractivity contribution in [1.82, 2.24) is 0 Å². The van der Waals surface area contributed by atoms with Gasteiger partial charge in [0.15, 0.2) is 23.3 Å². The third-order valence-corrected chi connectivity index (χ3v) is 3.45. The molecule has 0 unspecified atom stereocenters. The second-order valence-electron chi connectivity index (χ2n) is 5.35. The van der Waals surface area contributed by atoms with Gasteiger partial charge in [0.2, 0.25) is 5.82 Å². The van der Waals surface area contributed by atoms with Crippen molar-refractivity contribution in [2.45, 2.75) is 19.8 Å². The molecule has 0 bridgehead atoms. The Bertz CT molecular complexity index is 836. The molecule has 9 heteroatoms. The lowest BCUT2D eigenvalue weighted by molar-refractivity contribution is 0.0499. The summed E-state index contributed by atoms with van der Waals surface area (Å²) in [4.78, 5) is 23.5. The van der Waals surface area contributed by atoms with E-state index in [1.807, 2.05) is 6.92 Å². The summed E-state index contributed by atoms with van der Waals surface area (Å²) in [5, 5.41) is 0. The molecule has 2 aromatic rings. The minimum Gasteiger partial charge on any atom is -0.462 e. The first-order valence-corrected chi connectivity index (χ1v) is 7.78. The van der Waals surface area contributed by atoms with E-state index in [4.69, 9.17) is 4.74 Å². The van der Waals surface area contributed by atoms with Gasteiger partial charge in [-0.3, -0.25) is 0 Å². The molecule has 0 aliphatic rings. The molecular weight excluding hydrogens is 375 g/mol. The van der Waals surface area contributed by atoms with Gasteiger partial charge in [-0.15, -0.1) is 0 Å². The maximum absolute atomic E-state index is 13.6. The first-order valence-electron chi connectivity index (χ1n) is 7.78. The summed E-state index contributed by atoms with van der Waals surface area (Å²) in [5.41, 5.74) is -1.59. The molecule has 0 heterocycles. The molecule has 0 spiro atoms. The van der Waals surface area contributed by atoms with Gasteiger partial charge < -0.3 is 9.47 Å². The van der Waals surface area contributed by atoms with E-state index in [2.05, 4.69) is 4.74 Å². The average molecular weight is 388 g/mol. The summed E-state index contributed by atoms with van der Waals surface area (Å²) in [6.07, 6.45) is 1.52. The molecule has 0 fully saturated rings. The van der Waals surface area contributed by atoms with Crippen LogP contribution in [0.1, 0.15) is 40.5 Å². The molecule has 0 saturated heterocycles. The first-order chi connectivity index (χ1) is 12.8. The zero-order valence-electron chi connectivity index (χ0n) is 14.0. The molecule has 0 aliphatic carbocycles. The quantitative estimate of drug-likeness (QED) is 0.182. The van der Waals surface area contributed by atoms with Gasteiger partial charge in [-0.1, -0.05) is 13.3 Å². The summed E-state index contributed by atoms with van der Waals surface area (Å²) in [5.74, 6) is -14.2. The number of unbranched alkanes of at least 4 members (excludes halogenated alkanes) is 1. The number of esters is 2. The highest BCUT2D eigenvalue weighted by atomic mass is 19.2. The zero-order valence-corrected chi connectivity index (χ0v) is 14.0. The van der Waals surface area contributed by atoms with Crippen LogP contribution in [0.5, 0.6) is 5.75 Å². The van der Waals surface area contributed by atoms with Crippen molar-refractivity contribution in [3.8, 4) is 5.75 Å². The smallest absolute Gasteiger partial charge is 0.349 e. The van der Waals surface area contributed by atoms with E-state index in [1.54, 1.807) is 0 Å². The van der Waals surface area contributed by atoms with Crippen LogP contribution in [-0.4, -0.2) is 18.5 Å². The molecule has 2 rings (SSSR count). The number of halogens is 5. The van der Waals surface area contributed by atoms with E-state index in [1.165, 1.54) is 12.1 Å². The van der Waals surface area contributed by atoms with Crippen molar-refractivity contribution in [3.05, 3.63) is 64.5 Å². The number of rotatable bonds is 6. The van der Waals surface area contributed by atoms with E-state index in [-0.39, 0.29) is 17.9 Å². The van der Waals surface area contributed by atoms with E-state index >= 15 is 0 Å². The topological polar surface area (TPSA) is 52.6 Å². The fraction of sp³-hybridized carbons (Fsp3) is 0.222. The van der Waals surface area contributed by atoms with Crippen LogP contribution in [0.4, 0.5) is 22.0 Å². The Morgan fingerprint density at radius 1 is 0.815 bits per heavy atom. The molecule has 0 N–H and O–H groups in total. The lowest BCUT2D eigenvalue weighted by Gasteiger charge is -2.09. The third kappa shape index (κ3) is 4.42. The standard InChI is InChI=1S/C18H13F5O4/c1-2-3-8-26-17(24)9-4-6-10(7-5-9)27-18(25)11-12(19)14(21)16(23)15(22)13(11)20/h4-7H,2-3,8H2,1H3. The summed E-state index contributed by atoms with van der Waals surface area (Å²) in [6.45, 7) is 2.15. The van der Waals surface area contributed by atoms with Gasteiger partial charge in [0.1, 0.15) is 11.3 Å². The molecule has 27 heavy (non-hydrogen) atoms. The largest absolute Gasteiger partial charge is 0.462 e. The van der Waals surface area contributed by atoms with Gasteiger partial charge in [0, 0.05) is 0 Å². The highest BCUT2D eigenvalue weighted by Gasteiger charge is 2.31. The Morgan fingerprint density at radius 2 is 1.33 bits per heavy atom. The van der Waals surface area contributed by atoms with E-state index < -0.39 is 46.6 Å². The van der Waals surface area contributed by atoms with Crippen LogP contribution in [-0.2, 0) is 4.74 Å². The normalized spacial score (nSPS) is 10.6. The number of benzene rings is 2. The van der Waals surface area contributed by atoms with Gasteiger partial charge >= 0.3 is 11.9 Å². The number of carbonyl (C=O) groups is 2. The van der Waals surface area contributed by atoms with Gasteiger partial charge in [-0.05, 0) is 30.7 Å². The van der Waals surface area contributed by atoms with Crippen LogP contribution in [0.25, 0.3) is 0 Å². The van der Waals surface area contributed by atoms with Crippen LogP contribution < -0.4 is 4.74 Å². The predicted molar refractivity (Wildman–Crippen MR) is 82.8 cm³/mol. The van der Waals surface area contributed by atoms with Crippen molar-refractivity contribution < 1.29 is 41.0 Å².